The summed E-state index contributed by atoms with van der Waals surface area (Å²) in [6.45, 7) is 2.80. The quantitative estimate of drug-likeness (QED) is 0.767. The lowest BCUT2D eigenvalue weighted by Gasteiger charge is -2.58. The summed E-state index contributed by atoms with van der Waals surface area (Å²) < 4.78 is 0. The molecule has 4 aliphatic rings. The lowest BCUT2D eigenvalue weighted by Crippen LogP contribution is -2.56. The van der Waals surface area contributed by atoms with E-state index in [-0.39, 0.29) is 0 Å². The van der Waals surface area contributed by atoms with E-state index >= 15 is 0 Å². The second-order valence-corrected chi connectivity index (χ2v) is 6.84. The molecule has 0 amide bonds. The van der Waals surface area contributed by atoms with Gasteiger partial charge in [-0.2, -0.15) is 0 Å². The van der Waals surface area contributed by atoms with Crippen LogP contribution >= 0.6 is 0 Å². The van der Waals surface area contributed by atoms with Crippen molar-refractivity contribution in [2.45, 2.75) is 44.6 Å². The Morgan fingerprint density at radius 1 is 1.06 bits per heavy atom. The molecule has 4 fully saturated rings. The zero-order valence-electron chi connectivity index (χ0n) is 10.6. The summed E-state index contributed by atoms with van der Waals surface area (Å²) in [6.07, 6.45) is 7.10. The first-order valence-electron chi connectivity index (χ1n) is 6.97. The van der Waals surface area contributed by atoms with E-state index in [1.807, 2.05) is 7.05 Å². The standard InChI is InChI=1S/C14H25NO/c1-14(16,8-15-2)13-11-4-9-3-10(6-11)7-12(13)5-9/h9-13,15-16H,3-8H2,1-2H3. The molecule has 0 spiro atoms. The maximum atomic E-state index is 10.7. The molecule has 2 nitrogen and oxygen atoms in total. The van der Waals surface area contributed by atoms with Gasteiger partial charge in [0.15, 0.2) is 0 Å². The molecular weight excluding hydrogens is 198 g/mol. The molecule has 2 N–H and O–H groups in total. The minimum absolute atomic E-state index is 0.489. The van der Waals surface area contributed by atoms with Crippen LogP contribution < -0.4 is 5.32 Å². The van der Waals surface area contributed by atoms with Crippen LogP contribution in [0, 0.1) is 29.6 Å². The minimum atomic E-state index is -0.489. The van der Waals surface area contributed by atoms with Crippen LogP contribution in [0.2, 0.25) is 0 Å². The Kier molecular flexibility index (Phi) is 2.56. The lowest BCUT2D eigenvalue weighted by atomic mass is 9.49. The summed E-state index contributed by atoms with van der Waals surface area (Å²) in [6, 6.07) is 0. The molecular formula is C14H25NO. The van der Waals surface area contributed by atoms with Crippen LogP contribution in [0.1, 0.15) is 39.0 Å². The Morgan fingerprint density at radius 3 is 2.00 bits per heavy atom. The topological polar surface area (TPSA) is 32.3 Å². The van der Waals surface area contributed by atoms with Crippen molar-refractivity contribution < 1.29 is 5.11 Å². The van der Waals surface area contributed by atoms with E-state index in [4.69, 9.17) is 0 Å². The summed E-state index contributed by atoms with van der Waals surface area (Å²) in [5.41, 5.74) is -0.489. The maximum Gasteiger partial charge on any atom is 0.0776 e. The summed E-state index contributed by atoms with van der Waals surface area (Å²) in [5, 5.41) is 13.9. The zero-order valence-corrected chi connectivity index (χ0v) is 10.6. The van der Waals surface area contributed by atoms with Gasteiger partial charge < -0.3 is 10.4 Å². The largest absolute Gasteiger partial charge is 0.389 e. The number of likely N-dealkylation sites (N-methyl/N-ethyl adjacent to an activating group) is 1. The molecule has 0 aromatic rings. The first-order chi connectivity index (χ1) is 7.60. The molecule has 0 radical (unpaired) electrons. The molecule has 4 aliphatic carbocycles. The SMILES string of the molecule is CNCC(C)(O)C1C2CC3CC(C2)CC1C3. The summed E-state index contributed by atoms with van der Waals surface area (Å²) >= 11 is 0. The van der Waals surface area contributed by atoms with E-state index in [1.54, 1.807) is 0 Å². The van der Waals surface area contributed by atoms with Gasteiger partial charge in [-0.1, -0.05) is 0 Å². The summed E-state index contributed by atoms with van der Waals surface area (Å²) in [4.78, 5) is 0. The maximum absolute atomic E-state index is 10.7. The molecule has 0 aromatic carbocycles. The Morgan fingerprint density at radius 2 is 1.56 bits per heavy atom. The Balaban J connectivity index is 1.81. The van der Waals surface area contributed by atoms with E-state index in [1.165, 1.54) is 32.1 Å². The number of hydrogen-bond donors (Lipinski definition) is 2. The molecule has 92 valence electrons. The molecule has 0 heterocycles. The Labute approximate surface area is 98.8 Å². The first-order valence-corrected chi connectivity index (χ1v) is 6.97. The molecule has 4 bridgehead atoms. The second kappa shape index (κ2) is 3.71. The second-order valence-electron chi connectivity index (χ2n) is 6.84. The van der Waals surface area contributed by atoms with Gasteiger partial charge in [0.2, 0.25) is 0 Å². The molecule has 1 unspecified atom stereocenters. The van der Waals surface area contributed by atoms with Crippen LogP contribution in [0.4, 0.5) is 0 Å². The van der Waals surface area contributed by atoms with E-state index in [9.17, 15) is 5.11 Å². The lowest BCUT2D eigenvalue weighted by molar-refractivity contribution is -0.132. The van der Waals surface area contributed by atoms with E-state index < -0.39 is 5.60 Å². The fourth-order valence-electron chi connectivity index (χ4n) is 5.42. The van der Waals surface area contributed by atoms with Crippen LogP contribution in [-0.2, 0) is 0 Å². The third-order valence-electron chi connectivity index (χ3n) is 5.48. The highest BCUT2D eigenvalue weighted by atomic mass is 16.3. The fraction of sp³-hybridized carbons (Fsp3) is 1.00. The van der Waals surface area contributed by atoms with E-state index in [0.29, 0.717) is 5.92 Å². The molecule has 0 aliphatic heterocycles. The summed E-state index contributed by atoms with van der Waals surface area (Å²) in [7, 11) is 1.95. The average molecular weight is 223 g/mol. The van der Waals surface area contributed by atoms with Gasteiger partial charge in [0.25, 0.3) is 0 Å². The fourth-order valence-corrected chi connectivity index (χ4v) is 5.42. The van der Waals surface area contributed by atoms with Crippen molar-refractivity contribution in [3.8, 4) is 0 Å². The van der Waals surface area contributed by atoms with Crippen molar-refractivity contribution in [3.05, 3.63) is 0 Å². The van der Waals surface area contributed by atoms with Crippen LogP contribution in [0.3, 0.4) is 0 Å². The molecule has 0 saturated heterocycles. The molecule has 2 heteroatoms. The predicted octanol–water partition coefficient (Wildman–Crippen LogP) is 2.03. The number of nitrogens with one attached hydrogen (secondary N) is 1. The van der Waals surface area contributed by atoms with Gasteiger partial charge in [-0.15, -0.1) is 0 Å². The highest BCUT2D eigenvalue weighted by molar-refractivity contribution is 5.04. The highest BCUT2D eigenvalue weighted by Gasteiger charge is 2.53. The van der Waals surface area contributed by atoms with Crippen LogP contribution in [0.25, 0.3) is 0 Å². The van der Waals surface area contributed by atoms with E-state index in [0.717, 1.165) is 30.2 Å². The smallest absolute Gasteiger partial charge is 0.0776 e. The summed E-state index contributed by atoms with van der Waals surface area (Å²) in [5.74, 6) is 4.21. The minimum Gasteiger partial charge on any atom is -0.389 e. The van der Waals surface area contributed by atoms with Gasteiger partial charge in [-0.05, 0) is 75.7 Å². The van der Waals surface area contributed by atoms with Crippen molar-refractivity contribution in [1.29, 1.82) is 0 Å². The van der Waals surface area contributed by atoms with Gasteiger partial charge in [0, 0.05) is 6.54 Å². The number of rotatable bonds is 3. The zero-order chi connectivity index (χ0) is 11.3. The van der Waals surface area contributed by atoms with Crippen LogP contribution in [-0.4, -0.2) is 24.3 Å². The Bertz CT molecular complexity index is 246. The monoisotopic (exact) mass is 223 g/mol. The number of aliphatic hydroxyl groups is 1. The molecule has 4 saturated carbocycles. The first kappa shape index (κ1) is 11.0. The van der Waals surface area contributed by atoms with Gasteiger partial charge in [-0.3, -0.25) is 0 Å². The average Bonchev–Trinajstić information content (AvgIpc) is 2.14. The number of hydrogen-bond acceptors (Lipinski definition) is 2. The normalized spacial score (nSPS) is 49.3. The van der Waals surface area contributed by atoms with Crippen LogP contribution in [0.5, 0.6) is 0 Å². The van der Waals surface area contributed by atoms with Gasteiger partial charge >= 0.3 is 0 Å². The van der Waals surface area contributed by atoms with Crippen molar-refractivity contribution in [1.82, 2.24) is 5.32 Å². The predicted molar refractivity (Wildman–Crippen MR) is 65.1 cm³/mol. The highest BCUT2D eigenvalue weighted by Crippen LogP contribution is 2.58. The van der Waals surface area contributed by atoms with E-state index in [2.05, 4.69) is 12.2 Å². The molecule has 0 aromatic heterocycles. The van der Waals surface area contributed by atoms with Gasteiger partial charge in [0.1, 0.15) is 0 Å². The van der Waals surface area contributed by atoms with Gasteiger partial charge in [-0.25, -0.2) is 0 Å². The third-order valence-corrected chi connectivity index (χ3v) is 5.48. The van der Waals surface area contributed by atoms with Crippen molar-refractivity contribution in [3.63, 3.8) is 0 Å². The molecule has 1 atom stereocenters. The van der Waals surface area contributed by atoms with Crippen molar-refractivity contribution >= 4 is 0 Å². The van der Waals surface area contributed by atoms with Crippen LogP contribution in [0.15, 0.2) is 0 Å². The van der Waals surface area contributed by atoms with Crippen molar-refractivity contribution in [2.24, 2.45) is 29.6 Å². The third kappa shape index (κ3) is 1.62. The van der Waals surface area contributed by atoms with Crippen molar-refractivity contribution in [2.75, 3.05) is 13.6 Å². The van der Waals surface area contributed by atoms with Gasteiger partial charge in [0.05, 0.1) is 5.60 Å². The molecule has 16 heavy (non-hydrogen) atoms. The Hall–Kier alpha value is -0.0800. The molecule has 4 rings (SSSR count).